The van der Waals surface area contributed by atoms with Crippen LogP contribution in [0.5, 0.6) is 0 Å². The Morgan fingerprint density at radius 3 is 2.57 bits per heavy atom. The molecule has 0 unspecified atom stereocenters. The molecule has 0 heterocycles. The second kappa shape index (κ2) is 6.67. The third-order valence-corrected chi connectivity index (χ3v) is 2.80. The van der Waals surface area contributed by atoms with E-state index < -0.39 is 0 Å². The number of rotatable bonds is 5. The molecule has 0 atom stereocenters. The predicted molar refractivity (Wildman–Crippen MR) is 64.8 cm³/mol. The molecule has 0 aliphatic heterocycles. The number of ether oxygens (including phenoxy) is 1. The summed E-state index contributed by atoms with van der Waals surface area (Å²) in [6, 6.07) is 5.65. The van der Waals surface area contributed by atoms with Crippen LogP contribution in [0, 0.1) is 0 Å². The van der Waals surface area contributed by atoms with E-state index in [-0.39, 0.29) is 0 Å². The van der Waals surface area contributed by atoms with E-state index in [9.17, 15) is 0 Å². The molecule has 0 spiro atoms. The van der Waals surface area contributed by atoms with Gasteiger partial charge in [0.2, 0.25) is 0 Å². The smallest absolute Gasteiger partial charge is 0.0595 e. The lowest BCUT2D eigenvalue weighted by atomic mass is 10.2. The summed E-state index contributed by atoms with van der Waals surface area (Å²) in [5.41, 5.74) is 1.15. The second-order valence-corrected chi connectivity index (χ2v) is 4.41. The number of hydrogen-bond donors (Lipinski definition) is 0. The summed E-state index contributed by atoms with van der Waals surface area (Å²) in [6.45, 7) is 1.45. The quantitative estimate of drug-likeness (QED) is 0.591. The summed E-state index contributed by atoms with van der Waals surface area (Å²) < 4.78 is 5.33. The molecule has 0 aliphatic carbocycles. The van der Waals surface area contributed by atoms with Crippen molar-refractivity contribution in [2.45, 2.75) is 6.42 Å². The van der Waals surface area contributed by atoms with Crippen LogP contribution in [0.15, 0.2) is 18.2 Å². The van der Waals surface area contributed by atoms with Crippen LogP contribution in [0.4, 0.5) is 0 Å². The Morgan fingerprint density at radius 2 is 1.93 bits per heavy atom. The topological polar surface area (TPSA) is 9.23 Å². The van der Waals surface area contributed by atoms with E-state index in [0.29, 0.717) is 16.7 Å². The van der Waals surface area contributed by atoms with Crippen LogP contribution < -0.4 is 0 Å². The van der Waals surface area contributed by atoms with Crippen molar-refractivity contribution in [2.75, 3.05) is 18.5 Å². The van der Waals surface area contributed by atoms with E-state index in [0.717, 1.165) is 23.9 Å². The first-order chi connectivity index (χ1) is 6.74. The van der Waals surface area contributed by atoms with Gasteiger partial charge in [-0.05, 0) is 24.1 Å². The lowest BCUT2D eigenvalue weighted by Gasteiger charge is -2.03. The van der Waals surface area contributed by atoms with Crippen molar-refractivity contribution in [3.63, 3.8) is 0 Å². The van der Waals surface area contributed by atoms with Crippen molar-refractivity contribution in [1.82, 2.24) is 0 Å². The molecule has 0 radical (unpaired) electrons. The third kappa shape index (κ3) is 4.18. The van der Waals surface area contributed by atoms with Crippen molar-refractivity contribution >= 4 is 39.1 Å². The summed E-state index contributed by atoms with van der Waals surface area (Å²) in [5, 5.41) is 2.07. The molecule has 0 fully saturated rings. The Bertz CT molecular complexity index is 291. The third-order valence-electron chi connectivity index (χ3n) is 1.74. The van der Waals surface area contributed by atoms with E-state index in [1.54, 1.807) is 0 Å². The van der Waals surface area contributed by atoms with Gasteiger partial charge in [-0.1, -0.05) is 45.2 Å². The van der Waals surface area contributed by atoms with Crippen molar-refractivity contribution < 1.29 is 4.74 Å². The van der Waals surface area contributed by atoms with Crippen LogP contribution in [-0.4, -0.2) is 18.5 Å². The van der Waals surface area contributed by atoms with Crippen LogP contribution in [0.2, 0.25) is 10.0 Å². The molecule has 1 aromatic carbocycles. The van der Waals surface area contributed by atoms with Crippen LogP contribution in [0.3, 0.4) is 0 Å². The van der Waals surface area contributed by atoms with Gasteiger partial charge < -0.3 is 4.74 Å². The molecule has 0 bridgehead atoms. The molecule has 0 N–H and O–H groups in total. The summed E-state index contributed by atoms with van der Waals surface area (Å²) in [4.78, 5) is 0. The van der Waals surface area contributed by atoms with Crippen LogP contribution in [0.25, 0.3) is 0 Å². The zero-order chi connectivity index (χ0) is 10.4. The van der Waals surface area contributed by atoms with Crippen LogP contribution in [0.1, 0.15) is 5.56 Å². The van der Waals surface area contributed by atoms with Gasteiger partial charge in [-0.25, -0.2) is 0 Å². The van der Waals surface area contributed by atoms with Crippen molar-refractivity contribution in [2.24, 2.45) is 0 Å². The Balaban J connectivity index is 2.39. The van der Waals surface area contributed by atoms with Gasteiger partial charge in [-0.15, -0.1) is 0 Å². The van der Waals surface area contributed by atoms with Crippen LogP contribution in [-0.2, 0) is 11.2 Å². The SMILES string of the molecule is Clc1ccc(CCOCCBr)cc1Cl. The molecule has 0 amide bonds. The molecule has 0 saturated heterocycles. The van der Waals surface area contributed by atoms with E-state index >= 15 is 0 Å². The fraction of sp³-hybridized carbons (Fsp3) is 0.400. The Labute approximate surface area is 102 Å². The normalized spacial score (nSPS) is 10.5. The highest BCUT2D eigenvalue weighted by Gasteiger charge is 1.99. The van der Waals surface area contributed by atoms with Gasteiger partial charge in [-0.3, -0.25) is 0 Å². The Morgan fingerprint density at radius 1 is 1.14 bits per heavy atom. The minimum atomic E-state index is 0.594. The maximum absolute atomic E-state index is 5.87. The van der Waals surface area contributed by atoms with E-state index in [1.165, 1.54) is 0 Å². The molecule has 4 heteroatoms. The van der Waals surface area contributed by atoms with Gasteiger partial charge >= 0.3 is 0 Å². The monoisotopic (exact) mass is 296 g/mol. The maximum Gasteiger partial charge on any atom is 0.0595 e. The van der Waals surface area contributed by atoms with E-state index in [1.807, 2.05) is 18.2 Å². The van der Waals surface area contributed by atoms with Crippen LogP contribution >= 0.6 is 39.1 Å². The lowest BCUT2D eigenvalue weighted by Crippen LogP contribution is -2.00. The Hall–Kier alpha value is 0.240. The van der Waals surface area contributed by atoms with Gasteiger partial charge in [0.25, 0.3) is 0 Å². The van der Waals surface area contributed by atoms with Gasteiger partial charge in [0.1, 0.15) is 0 Å². The zero-order valence-electron chi connectivity index (χ0n) is 7.60. The highest BCUT2D eigenvalue weighted by atomic mass is 79.9. The largest absolute Gasteiger partial charge is 0.380 e. The number of hydrogen-bond acceptors (Lipinski definition) is 1. The summed E-state index contributed by atoms with van der Waals surface area (Å²) in [6.07, 6.45) is 0.865. The molecule has 0 aromatic heterocycles. The standard InChI is InChI=1S/C10H11BrCl2O/c11-4-6-14-5-3-8-1-2-9(12)10(13)7-8/h1-2,7H,3-6H2. The molecule has 1 nitrogen and oxygen atoms in total. The van der Waals surface area contributed by atoms with Crippen molar-refractivity contribution in [3.8, 4) is 0 Å². The molecular weight excluding hydrogens is 287 g/mol. The first-order valence-electron chi connectivity index (χ1n) is 4.31. The Kier molecular flexibility index (Phi) is 5.87. The molecule has 0 saturated carbocycles. The fourth-order valence-corrected chi connectivity index (χ4v) is 1.59. The highest BCUT2D eigenvalue weighted by molar-refractivity contribution is 9.09. The van der Waals surface area contributed by atoms with Crippen molar-refractivity contribution in [1.29, 1.82) is 0 Å². The number of halogens is 3. The molecule has 0 aliphatic rings. The summed E-state index contributed by atoms with van der Waals surface area (Å²) in [5.74, 6) is 0. The van der Waals surface area contributed by atoms with Gasteiger partial charge in [0.15, 0.2) is 0 Å². The molecule has 14 heavy (non-hydrogen) atoms. The zero-order valence-corrected chi connectivity index (χ0v) is 10.7. The predicted octanol–water partition coefficient (Wildman–Crippen LogP) is 3.95. The van der Waals surface area contributed by atoms with Gasteiger partial charge in [0.05, 0.1) is 23.3 Å². The highest BCUT2D eigenvalue weighted by Crippen LogP contribution is 2.22. The molecule has 1 rings (SSSR count). The van der Waals surface area contributed by atoms with E-state index in [2.05, 4.69) is 15.9 Å². The lowest BCUT2D eigenvalue weighted by molar-refractivity contribution is 0.154. The minimum Gasteiger partial charge on any atom is -0.380 e. The van der Waals surface area contributed by atoms with Gasteiger partial charge in [-0.2, -0.15) is 0 Å². The molecular formula is C10H11BrCl2O. The minimum absolute atomic E-state index is 0.594. The van der Waals surface area contributed by atoms with Crippen molar-refractivity contribution in [3.05, 3.63) is 33.8 Å². The van der Waals surface area contributed by atoms with Gasteiger partial charge in [0, 0.05) is 5.33 Å². The first kappa shape index (κ1) is 12.3. The second-order valence-electron chi connectivity index (χ2n) is 2.80. The maximum atomic E-state index is 5.87. The summed E-state index contributed by atoms with van der Waals surface area (Å²) in [7, 11) is 0. The number of alkyl halides is 1. The summed E-state index contributed by atoms with van der Waals surface area (Å²) >= 11 is 15.0. The molecule has 1 aromatic rings. The van der Waals surface area contributed by atoms with E-state index in [4.69, 9.17) is 27.9 Å². The number of benzene rings is 1. The fourth-order valence-electron chi connectivity index (χ4n) is 1.04. The average molecular weight is 298 g/mol. The molecule has 78 valence electrons. The average Bonchev–Trinajstić information content (AvgIpc) is 2.18. The first-order valence-corrected chi connectivity index (χ1v) is 6.19.